The van der Waals surface area contributed by atoms with E-state index in [0.29, 0.717) is 22.7 Å². The van der Waals surface area contributed by atoms with Crippen molar-refractivity contribution in [2.45, 2.75) is 73.6 Å². The fourth-order valence-corrected chi connectivity index (χ4v) is 7.44. The second-order valence-electron chi connectivity index (χ2n) is 11.4. The molecule has 4 aliphatic rings. The topological polar surface area (TPSA) is 0 Å². The van der Waals surface area contributed by atoms with E-state index < -0.39 is 0 Å². The highest BCUT2D eigenvalue weighted by molar-refractivity contribution is 5.39. The van der Waals surface area contributed by atoms with E-state index in [1.165, 1.54) is 32.1 Å². The Bertz CT molecular complexity index is 704. The molecule has 2 saturated carbocycles. The number of fused-ring (bicyclic) bond motifs is 5. The molecule has 4 rings (SSSR count). The summed E-state index contributed by atoms with van der Waals surface area (Å²) in [6.07, 6.45) is 24.2. The standard InChI is InChI=1S/C28H42/c1-19(2)20(3)10-11-21(4)24-14-15-25-23-13-12-22-9-7-8-17-27(22,5)26(23)16-18-28(24,25)6/h7-13,19-21,23-26H,14-18H2,1-6H3/b11-10+/t20?,21-,23+,24-,25+,26+,27+,28-/m1/s1. The lowest BCUT2D eigenvalue weighted by molar-refractivity contribution is -0.0170. The quantitative estimate of drug-likeness (QED) is 0.435. The number of hydrogen-bond acceptors (Lipinski definition) is 0. The normalized spacial score (nSPS) is 44.2. The summed E-state index contributed by atoms with van der Waals surface area (Å²) in [5.74, 6) is 5.53. The second kappa shape index (κ2) is 7.33. The summed E-state index contributed by atoms with van der Waals surface area (Å²) in [6, 6.07) is 0. The second-order valence-corrected chi connectivity index (χ2v) is 11.4. The van der Waals surface area contributed by atoms with E-state index in [0.717, 1.165) is 29.6 Å². The van der Waals surface area contributed by atoms with E-state index in [2.05, 4.69) is 84.1 Å². The zero-order chi connectivity index (χ0) is 20.1. The largest absolute Gasteiger partial charge is 0.0852 e. The zero-order valence-corrected chi connectivity index (χ0v) is 19.1. The van der Waals surface area contributed by atoms with Gasteiger partial charge in [0, 0.05) is 0 Å². The van der Waals surface area contributed by atoms with Gasteiger partial charge in [0.2, 0.25) is 0 Å². The fraction of sp³-hybridized carbons (Fsp3) is 0.714. The van der Waals surface area contributed by atoms with Gasteiger partial charge in [-0.25, -0.2) is 0 Å². The molecule has 0 saturated heterocycles. The van der Waals surface area contributed by atoms with Crippen LogP contribution < -0.4 is 0 Å². The molecule has 8 atom stereocenters. The summed E-state index contributed by atoms with van der Waals surface area (Å²) in [6.45, 7) is 14.8. The molecular weight excluding hydrogens is 336 g/mol. The Balaban J connectivity index is 1.55. The van der Waals surface area contributed by atoms with E-state index in [-0.39, 0.29) is 0 Å². The van der Waals surface area contributed by atoms with Crippen molar-refractivity contribution < 1.29 is 0 Å². The predicted molar refractivity (Wildman–Crippen MR) is 122 cm³/mol. The predicted octanol–water partition coefficient (Wildman–Crippen LogP) is 7.99. The van der Waals surface area contributed by atoms with Gasteiger partial charge >= 0.3 is 0 Å². The third-order valence-corrected chi connectivity index (χ3v) is 9.74. The lowest BCUT2D eigenvalue weighted by Gasteiger charge is -2.56. The molecule has 0 amide bonds. The molecule has 0 aliphatic heterocycles. The van der Waals surface area contributed by atoms with Gasteiger partial charge in [0.25, 0.3) is 0 Å². The van der Waals surface area contributed by atoms with Crippen LogP contribution in [0.25, 0.3) is 0 Å². The Kier molecular flexibility index (Phi) is 5.30. The Morgan fingerprint density at radius 2 is 1.79 bits per heavy atom. The van der Waals surface area contributed by atoms with E-state index in [4.69, 9.17) is 0 Å². The minimum atomic E-state index is 0.381. The van der Waals surface area contributed by atoms with Crippen molar-refractivity contribution in [2.75, 3.05) is 0 Å². The number of hydrogen-bond donors (Lipinski definition) is 0. The van der Waals surface area contributed by atoms with Gasteiger partial charge in [0.15, 0.2) is 0 Å². The number of allylic oxidation sites excluding steroid dienone is 8. The van der Waals surface area contributed by atoms with Gasteiger partial charge in [-0.3, -0.25) is 0 Å². The van der Waals surface area contributed by atoms with Gasteiger partial charge in [0.1, 0.15) is 0 Å². The molecular formula is C28H42. The molecule has 0 aromatic carbocycles. The molecule has 0 aromatic heterocycles. The highest BCUT2D eigenvalue weighted by atomic mass is 14.6. The Morgan fingerprint density at radius 3 is 2.54 bits per heavy atom. The van der Waals surface area contributed by atoms with Gasteiger partial charge in [-0.05, 0) is 89.9 Å². The Labute approximate surface area is 174 Å². The van der Waals surface area contributed by atoms with Crippen molar-refractivity contribution >= 4 is 0 Å². The maximum atomic E-state index is 2.66. The molecule has 1 unspecified atom stereocenters. The summed E-state index contributed by atoms with van der Waals surface area (Å²) >= 11 is 0. The molecule has 154 valence electrons. The lowest BCUT2D eigenvalue weighted by Crippen LogP contribution is -2.48. The van der Waals surface area contributed by atoms with E-state index in [1.54, 1.807) is 5.57 Å². The lowest BCUT2D eigenvalue weighted by atomic mass is 9.48. The van der Waals surface area contributed by atoms with Crippen LogP contribution in [0.4, 0.5) is 0 Å². The van der Waals surface area contributed by atoms with Gasteiger partial charge in [-0.2, -0.15) is 0 Å². The van der Waals surface area contributed by atoms with Crippen LogP contribution in [0.2, 0.25) is 0 Å². The highest BCUT2D eigenvalue weighted by Crippen LogP contribution is 2.66. The first-order valence-corrected chi connectivity index (χ1v) is 12.0. The average molecular weight is 379 g/mol. The SMILES string of the molecule is CC(C)C(C)/C=C/[C@@H](C)[C@H]1CC[C@H]2[C@@H]3C=CC4=CC=CC[C@]4(C)[C@H]3CC[C@]12C. The fourth-order valence-electron chi connectivity index (χ4n) is 7.44. The zero-order valence-electron chi connectivity index (χ0n) is 19.1. The monoisotopic (exact) mass is 378 g/mol. The first-order valence-electron chi connectivity index (χ1n) is 12.0. The first kappa shape index (κ1) is 20.2. The Hall–Kier alpha value is -1.04. The summed E-state index contributed by atoms with van der Waals surface area (Å²) in [5, 5.41) is 0. The van der Waals surface area contributed by atoms with Crippen molar-refractivity contribution in [2.24, 2.45) is 52.3 Å². The maximum Gasteiger partial charge on any atom is -0.000690 e. The molecule has 0 heterocycles. The van der Waals surface area contributed by atoms with Crippen molar-refractivity contribution in [3.8, 4) is 0 Å². The third kappa shape index (κ3) is 3.10. The molecule has 0 spiro atoms. The van der Waals surface area contributed by atoms with Crippen molar-refractivity contribution in [1.29, 1.82) is 0 Å². The van der Waals surface area contributed by atoms with Crippen LogP contribution in [0.15, 0.2) is 48.1 Å². The van der Waals surface area contributed by atoms with E-state index >= 15 is 0 Å². The van der Waals surface area contributed by atoms with Crippen LogP contribution in [-0.4, -0.2) is 0 Å². The number of rotatable bonds is 4. The molecule has 0 N–H and O–H groups in total. The van der Waals surface area contributed by atoms with E-state index in [9.17, 15) is 0 Å². The van der Waals surface area contributed by atoms with Gasteiger partial charge in [-0.1, -0.05) is 84.1 Å². The molecule has 0 heteroatoms. The molecule has 0 radical (unpaired) electrons. The van der Waals surface area contributed by atoms with Gasteiger partial charge < -0.3 is 0 Å². The maximum absolute atomic E-state index is 2.66. The molecule has 28 heavy (non-hydrogen) atoms. The first-order chi connectivity index (χ1) is 13.3. The molecule has 0 nitrogen and oxygen atoms in total. The minimum absolute atomic E-state index is 0.381. The molecule has 2 fully saturated rings. The summed E-state index contributed by atoms with van der Waals surface area (Å²) in [4.78, 5) is 0. The van der Waals surface area contributed by atoms with Crippen LogP contribution in [0.5, 0.6) is 0 Å². The van der Waals surface area contributed by atoms with E-state index in [1.807, 2.05) is 0 Å². The average Bonchev–Trinajstić information content (AvgIpc) is 3.02. The summed E-state index contributed by atoms with van der Waals surface area (Å²) < 4.78 is 0. The van der Waals surface area contributed by atoms with Crippen LogP contribution in [0.3, 0.4) is 0 Å². The molecule has 0 bridgehead atoms. The van der Waals surface area contributed by atoms with Crippen molar-refractivity contribution in [3.05, 3.63) is 48.1 Å². The van der Waals surface area contributed by atoms with Crippen molar-refractivity contribution in [3.63, 3.8) is 0 Å². The summed E-state index contributed by atoms with van der Waals surface area (Å²) in [7, 11) is 0. The van der Waals surface area contributed by atoms with Crippen molar-refractivity contribution in [1.82, 2.24) is 0 Å². The third-order valence-electron chi connectivity index (χ3n) is 9.74. The minimum Gasteiger partial charge on any atom is -0.0852 e. The van der Waals surface area contributed by atoms with Crippen LogP contribution in [0.1, 0.15) is 73.6 Å². The Morgan fingerprint density at radius 1 is 1.00 bits per heavy atom. The highest BCUT2D eigenvalue weighted by Gasteiger charge is 2.57. The molecule has 0 aromatic rings. The van der Waals surface area contributed by atoms with Gasteiger partial charge in [-0.15, -0.1) is 0 Å². The van der Waals surface area contributed by atoms with Crippen LogP contribution in [0, 0.1) is 52.3 Å². The van der Waals surface area contributed by atoms with Crippen LogP contribution >= 0.6 is 0 Å². The smallest absolute Gasteiger partial charge is 0.000690 e. The van der Waals surface area contributed by atoms with Crippen LogP contribution in [-0.2, 0) is 0 Å². The summed E-state index contributed by atoms with van der Waals surface area (Å²) in [5.41, 5.74) is 2.50. The van der Waals surface area contributed by atoms with Gasteiger partial charge in [0.05, 0.1) is 0 Å². The molecule has 4 aliphatic carbocycles.